The Morgan fingerprint density at radius 1 is 1.04 bits per heavy atom. The Labute approximate surface area is 133 Å². The molecule has 0 aliphatic carbocycles. The smallest absolute Gasteiger partial charge is 0.299 e. The van der Waals surface area contributed by atoms with Crippen molar-refractivity contribution in [2.75, 3.05) is 0 Å². The average Bonchev–Trinajstić information content (AvgIpc) is 2.86. The molecule has 0 atom stereocenters. The zero-order valence-electron chi connectivity index (χ0n) is 12.6. The summed E-state index contributed by atoms with van der Waals surface area (Å²) in [6, 6.07) is 11.5. The number of hydrogen-bond acceptors (Lipinski definition) is 4. The summed E-state index contributed by atoms with van der Waals surface area (Å²) in [6.07, 6.45) is 0. The van der Waals surface area contributed by atoms with Crippen LogP contribution in [0.3, 0.4) is 0 Å². The number of H-pyrrole nitrogens is 1. The summed E-state index contributed by atoms with van der Waals surface area (Å²) < 4.78 is 27.7. The number of sulfonamides is 1. The Balaban J connectivity index is 2.09. The normalized spacial score (nSPS) is 12.3. The van der Waals surface area contributed by atoms with E-state index in [9.17, 15) is 13.5 Å². The number of aryl methyl sites for hydroxylation is 2. The van der Waals surface area contributed by atoms with E-state index in [1.54, 1.807) is 24.3 Å². The zero-order chi connectivity index (χ0) is 16.6. The van der Waals surface area contributed by atoms with Gasteiger partial charge in [-0.05, 0) is 37.1 Å². The topological polar surface area (TPSA) is 94.9 Å². The molecule has 0 aliphatic heterocycles. The van der Waals surface area contributed by atoms with Crippen LogP contribution in [0.15, 0.2) is 57.0 Å². The van der Waals surface area contributed by atoms with E-state index < -0.39 is 10.0 Å². The number of fused-ring (bicyclic) bond motifs is 1. The van der Waals surface area contributed by atoms with E-state index >= 15 is 0 Å². The minimum Gasteiger partial charge on any atom is -0.493 e. The van der Waals surface area contributed by atoms with Crippen molar-refractivity contribution in [3.8, 4) is 5.88 Å². The lowest BCUT2D eigenvalue weighted by Gasteiger charge is -2.00. The maximum atomic E-state index is 12.1. The number of nitrogens with zero attached hydrogens (tertiary/aromatic N) is 2. The Morgan fingerprint density at radius 3 is 2.43 bits per heavy atom. The van der Waals surface area contributed by atoms with Crippen molar-refractivity contribution in [3.63, 3.8) is 0 Å². The van der Waals surface area contributed by atoms with Crippen LogP contribution in [0.4, 0.5) is 5.69 Å². The number of aromatic amines is 1. The fourth-order valence-corrected chi connectivity index (χ4v) is 3.10. The highest BCUT2D eigenvalue weighted by Crippen LogP contribution is 2.37. The lowest BCUT2D eigenvalue weighted by atomic mass is 10.1. The van der Waals surface area contributed by atoms with Crippen LogP contribution in [0.1, 0.15) is 11.1 Å². The van der Waals surface area contributed by atoms with Crippen LogP contribution in [0, 0.1) is 13.8 Å². The summed E-state index contributed by atoms with van der Waals surface area (Å²) in [7, 11) is -3.91. The molecule has 0 unspecified atom stereocenters. The fraction of sp³-hybridized carbons (Fsp3) is 0.125. The highest BCUT2D eigenvalue weighted by molar-refractivity contribution is 7.90. The van der Waals surface area contributed by atoms with Gasteiger partial charge in [-0.15, -0.1) is 5.11 Å². The summed E-state index contributed by atoms with van der Waals surface area (Å²) in [4.78, 5) is 2.87. The number of aromatic nitrogens is 1. The average molecular weight is 329 g/mol. The van der Waals surface area contributed by atoms with E-state index in [-0.39, 0.29) is 16.5 Å². The van der Waals surface area contributed by atoms with Crippen molar-refractivity contribution >= 4 is 26.6 Å². The molecule has 2 N–H and O–H groups in total. The molecular formula is C16H15N3O3S. The highest BCUT2D eigenvalue weighted by Gasteiger charge is 2.16. The number of aromatic hydroxyl groups is 1. The molecule has 0 fully saturated rings. The maximum absolute atomic E-state index is 12.1. The lowest BCUT2D eigenvalue weighted by molar-refractivity contribution is 0.459. The van der Waals surface area contributed by atoms with Crippen molar-refractivity contribution in [2.24, 2.45) is 9.63 Å². The summed E-state index contributed by atoms with van der Waals surface area (Å²) in [5, 5.41) is 14.4. The van der Waals surface area contributed by atoms with Gasteiger partial charge in [-0.2, -0.15) is 8.42 Å². The molecule has 118 valence electrons. The van der Waals surface area contributed by atoms with Crippen LogP contribution >= 0.6 is 0 Å². The van der Waals surface area contributed by atoms with Crippen molar-refractivity contribution in [1.29, 1.82) is 0 Å². The van der Waals surface area contributed by atoms with E-state index in [2.05, 4.69) is 14.6 Å². The maximum Gasteiger partial charge on any atom is 0.299 e. The largest absolute Gasteiger partial charge is 0.493 e. The van der Waals surface area contributed by atoms with Crippen LogP contribution in [-0.4, -0.2) is 18.5 Å². The van der Waals surface area contributed by atoms with Gasteiger partial charge in [0.1, 0.15) is 0 Å². The Bertz CT molecular complexity index is 1010. The van der Waals surface area contributed by atoms with Gasteiger partial charge in [0.2, 0.25) is 5.88 Å². The predicted molar refractivity (Wildman–Crippen MR) is 87.6 cm³/mol. The van der Waals surface area contributed by atoms with Crippen LogP contribution < -0.4 is 0 Å². The molecule has 1 aromatic heterocycles. The third kappa shape index (κ3) is 2.70. The van der Waals surface area contributed by atoms with Crippen LogP contribution in [0.2, 0.25) is 0 Å². The van der Waals surface area contributed by atoms with E-state index in [0.717, 1.165) is 11.1 Å². The lowest BCUT2D eigenvalue weighted by Crippen LogP contribution is -1.94. The molecular weight excluding hydrogens is 314 g/mol. The molecule has 0 radical (unpaired) electrons. The van der Waals surface area contributed by atoms with Gasteiger partial charge in [0.05, 0.1) is 10.4 Å². The number of hydrogen-bond donors (Lipinski definition) is 2. The predicted octanol–water partition coefficient (Wildman–Crippen LogP) is 3.96. The first-order chi connectivity index (χ1) is 10.9. The van der Waals surface area contributed by atoms with Crippen molar-refractivity contribution in [2.45, 2.75) is 18.7 Å². The van der Waals surface area contributed by atoms with Crippen LogP contribution in [0.25, 0.3) is 10.9 Å². The first-order valence-corrected chi connectivity index (χ1v) is 8.38. The summed E-state index contributed by atoms with van der Waals surface area (Å²) >= 11 is 0. The van der Waals surface area contributed by atoms with E-state index in [4.69, 9.17) is 0 Å². The molecule has 6 nitrogen and oxygen atoms in total. The summed E-state index contributed by atoms with van der Waals surface area (Å²) in [5.41, 5.74) is 2.85. The van der Waals surface area contributed by atoms with E-state index in [1.807, 2.05) is 19.9 Å². The Hall–Kier alpha value is -2.67. The van der Waals surface area contributed by atoms with Crippen molar-refractivity contribution in [3.05, 3.63) is 53.6 Å². The number of benzene rings is 2. The molecule has 2 aromatic carbocycles. The Morgan fingerprint density at radius 2 is 1.74 bits per heavy atom. The number of rotatable bonds is 3. The second kappa shape index (κ2) is 5.51. The molecule has 0 aliphatic rings. The first kappa shape index (κ1) is 15.2. The molecule has 3 rings (SSSR count). The van der Waals surface area contributed by atoms with Gasteiger partial charge < -0.3 is 10.1 Å². The third-order valence-corrected chi connectivity index (χ3v) is 4.91. The fourth-order valence-electron chi connectivity index (χ4n) is 2.31. The van der Waals surface area contributed by atoms with Gasteiger partial charge in [-0.1, -0.05) is 34.9 Å². The third-order valence-electron chi connectivity index (χ3n) is 3.75. The molecule has 7 heteroatoms. The van der Waals surface area contributed by atoms with Gasteiger partial charge in [-0.25, -0.2) is 0 Å². The highest BCUT2D eigenvalue weighted by atomic mass is 32.2. The monoisotopic (exact) mass is 329 g/mol. The molecule has 3 aromatic rings. The van der Waals surface area contributed by atoms with Gasteiger partial charge >= 0.3 is 0 Å². The molecule has 23 heavy (non-hydrogen) atoms. The second-order valence-electron chi connectivity index (χ2n) is 5.22. The molecule has 0 spiro atoms. The Kier molecular flexibility index (Phi) is 3.65. The van der Waals surface area contributed by atoms with Gasteiger partial charge in [0.25, 0.3) is 10.0 Å². The first-order valence-electron chi connectivity index (χ1n) is 6.94. The summed E-state index contributed by atoms with van der Waals surface area (Å²) in [6.45, 7) is 3.86. The second-order valence-corrected chi connectivity index (χ2v) is 6.81. The minimum absolute atomic E-state index is 0.0510. The molecule has 1 heterocycles. The van der Waals surface area contributed by atoms with Gasteiger partial charge in [0.15, 0.2) is 5.69 Å². The van der Waals surface area contributed by atoms with Crippen molar-refractivity contribution < 1.29 is 13.5 Å². The van der Waals surface area contributed by atoms with Crippen molar-refractivity contribution in [1.82, 2.24) is 4.98 Å². The quantitative estimate of drug-likeness (QED) is 0.712. The molecule has 0 saturated carbocycles. The molecule has 0 amide bonds. The standard InChI is InChI=1S/C16H15N3O3S/c1-10-8-9-13-14(11(10)2)17-16(20)15(13)18-19-23(21,22)12-6-4-3-5-7-12/h3-9,17,20H,1-2H3. The molecule has 0 saturated heterocycles. The van der Waals surface area contributed by atoms with E-state index in [1.165, 1.54) is 12.1 Å². The summed E-state index contributed by atoms with van der Waals surface area (Å²) in [5.74, 6) is -0.208. The van der Waals surface area contributed by atoms with Crippen LogP contribution in [0.5, 0.6) is 5.88 Å². The minimum atomic E-state index is -3.91. The zero-order valence-corrected chi connectivity index (χ0v) is 13.4. The van der Waals surface area contributed by atoms with Crippen LogP contribution in [-0.2, 0) is 10.0 Å². The van der Waals surface area contributed by atoms with Gasteiger partial charge in [-0.3, -0.25) is 0 Å². The van der Waals surface area contributed by atoms with E-state index in [0.29, 0.717) is 10.9 Å². The molecule has 0 bridgehead atoms. The van der Waals surface area contributed by atoms with Gasteiger partial charge in [0, 0.05) is 5.39 Å². The SMILES string of the molecule is Cc1ccc2c(N=NS(=O)(=O)c3ccccc3)c(O)[nH]c2c1C. The number of nitrogens with one attached hydrogen (secondary N) is 1.